The van der Waals surface area contributed by atoms with Crippen molar-refractivity contribution in [3.05, 3.63) is 45.9 Å². The Hall–Kier alpha value is -1.35. The topological polar surface area (TPSA) is 58.5 Å². The molecule has 1 aromatic heterocycles. The van der Waals surface area contributed by atoms with Crippen LogP contribution < -0.4 is 15.4 Å². The van der Waals surface area contributed by atoms with Crippen molar-refractivity contribution in [2.75, 3.05) is 20.2 Å². The van der Waals surface area contributed by atoms with Crippen molar-refractivity contribution in [1.29, 1.82) is 0 Å². The Morgan fingerprint density at radius 1 is 1.19 bits per heavy atom. The maximum Gasteiger partial charge on any atom is 0.191 e. The van der Waals surface area contributed by atoms with Crippen LogP contribution in [0, 0.1) is 0 Å². The van der Waals surface area contributed by atoms with Crippen LogP contribution in [0.4, 0.5) is 0 Å². The van der Waals surface area contributed by atoms with Gasteiger partial charge in [0.1, 0.15) is 10.8 Å². The number of halogens is 1. The molecule has 0 spiro atoms. The summed E-state index contributed by atoms with van der Waals surface area (Å²) in [5, 5.41) is 7.75. The summed E-state index contributed by atoms with van der Waals surface area (Å²) in [5.74, 6) is 1.75. The van der Waals surface area contributed by atoms with Gasteiger partial charge in [-0.25, -0.2) is 4.98 Å². The summed E-state index contributed by atoms with van der Waals surface area (Å²) in [6.07, 6.45) is 6.17. The smallest absolute Gasteiger partial charge is 0.191 e. The predicted molar refractivity (Wildman–Crippen MR) is 126 cm³/mol. The molecule has 0 aliphatic rings. The van der Waals surface area contributed by atoms with Crippen molar-refractivity contribution in [3.8, 4) is 5.75 Å². The normalized spacial score (nSPS) is 11.0. The standard InChI is InChI=1S/C20H30N4OS.HI/c1-4-6-13-25-17-9-7-16(8-10-17)11-12-22-20(21-3)24-15-19-23-14-18(5-2)26-19;/h7-10,14H,4-6,11-13,15H2,1-3H3,(H2,21,22,24);1H. The third kappa shape index (κ3) is 8.92. The average Bonchev–Trinajstić information content (AvgIpc) is 3.14. The number of aliphatic imine (C=N–C) groups is 1. The maximum atomic E-state index is 5.70. The number of nitrogens with one attached hydrogen (secondary N) is 2. The molecule has 0 radical (unpaired) electrons. The zero-order valence-corrected chi connectivity index (χ0v) is 19.6. The number of nitrogens with zero attached hydrogens (tertiary/aromatic N) is 2. The fraction of sp³-hybridized carbons (Fsp3) is 0.500. The van der Waals surface area contributed by atoms with Crippen LogP contribution in [0.25, 0.3) is 0 Å². The van der Waals surface area contributed by atoms with E-state index in [0.717, 1.165) is 55.6 Å². The lowest BCUT2D eigenvalue weighted by molar-refractivity contribution is 0.309. The second-order valence-corrected chi connectivity index (χ2v) is 7.22. The summed E-state index contributed by atoms with van der Waals surface area (Å²) in [6, 6.07) is 8.35. The zero-order chi connectivity index (χ0) is 18.6. The SMILES string of the molecule is CCCCOc1ccc(CCNC(=NC)NCc2ncc(CC)s2)cc1.I. The molecule has 0 aliphatic carbocycles. The lowest BCUT2D eigenvalue weighted by Crippen LogP contribution is -2.37. The summed E-state index contributed by atoms with van der Waals surface area (Å²) < 4.78 is 5.70. The van der Waals surface area contributed by atoms with Crippen molar-refractivity contribution in [3.63, 3.8) is 0 Å². The van der Waals surface area contributed by atoms with Crippen LogP contribution in [-0.2, 0) is 19.4 Å². The van der Waals surface area contributed by atoms with Gasteiger partial charge in [-0.15, -0.1) is 35.3 Å². The van der Waals surface area contributed by atoms with E-state index in [1.54, 1.807) is 18.4 Å². The van der Waals surface area contributed by atoms with Crippen LogP contribution in [0.15, 0.2) is 35.5 Å². The fourth-order valence-electron chi connectivity index (χ4n) is 2.39. The van der Waals surface area contributed by atoms with Gasteiger partial charge in [0.2, 0.25) is 0 Å². The summed E-state index contributed by atoms with van der Waals surface area (Å²) in [6.45, 7) is 6.64. The number of benzene rings is 1. The molecule has 5 nitrogen and oxygen atoms in total. The van der Waals surface area contributed by atoms with Crippen LogP contribution in [-0.4, -0.2) is 31.1 Å². The van der Waals surface area contributed by atoms with Gasteiger partial charge in [0.25, 0.3) is 0 Å². The first-order chi connectivity index (χ1) is 12.7. The second-order valence-electron chi connectivity index (χ2n) is 6.02. The van der Waals surface area contributed by atoms with Gasteiger partial charge >= 0.3 is 0 Å². The molecule has 0 bridgehead atoms. The molecule has 1 aromatic carbocycles. The Balaban J connectivity index is 0.00000364. The Kier molecular flexibility index (Phi) is 12.1. The van der Waals surface area contributed by atoms with E-state index in [2.05, 4.69) is 46.6 Å². The molecular weight excluding hydrogens is 471 g/mol. The Morgan fingerprint density at radius 3 is 2.59 bits per heavy atom. The Bertz CT molecular complexity index is 673. The summed E-state index contributed by atoms with van der Waals surface area (Å²) in [4.78, 5) is 10.00. The summed E-state index contributed by atoms with van der Waals surface area (Å²) >= 11 is 1.75. The van der Waals surface area contributed by atoms with E-state index < -0.39 is 0 Å². The highest BCUT2D eigenvalue weighted by molar-refractivity contribution is 14.0. The maximum absolute atomic E-state index is 5.70. The zero-order valence-electron chi connectivity index (χ0n) is 16.5. The monoisotopic (exact) mass is 502 g/mol. The van der Waals surface area contributed by atoms with Crippen LogP contribution in [0.3, 0.4) is 0 Å². The van der Waals surface area contributed by atoms with Crippen LogP contribution in [0.2, 0.25) is 0 Å². The molecule has 150 valence electrons. The van der Waals surface area contributed by atoms with Gasteiger partial charge in [0, 0.05) is 24.7 Å². The van der Waals surface area contributed by atoms with Crippen molar-refractivity contribution in [1.82, 2.24) is 15.6 Å². The molecule has 0 saturated carbocycles. The van der Waals surface area contributed by atoms with E-state index in [1.807, 2.05) is 18.3 Å². The van der Waals surface area contributed by atoms with E-state index >= 15 is 0 Å². The Morgan fingerprint density at radius 2 is 1.96 bits per heavy atom. The number of aryl methyl sites for hydroxylation is 1. The minimum Gasteiger partial charge on any atom is -0.494 e. The molecule has 0 atom stereocenters. The Labute approximate surface area is 184 Å². The van der Waals surface area contributed by atoms with E-state index in [1.165, 1.54) is 10.4 Å². The van der Waals surface area contributed by atoms with Gasteiger partial charge < -0.3 is 15.4 Å². The molecule has 0 unspecified atom stereocenters. The fourth-order valence-corrected chi connectivity index (χ4v) is 3.19. The molecule has 7 heteroatoms. The van der Waals surface area contributed by atoms with E-state index in [-0.39, 0.29) is 24.0 Å². The van der Waals surface area contributed by atoms with E-state index in [4.69, 9.17) is 4.74 Å². The number of hydrogen-bond donors (Lipinski definition) is 2. The van der Waals surface area contributed by atoms with Gasteiger partial charge in [-0.05, 0) is 37.0 Å². The first kappa shape index (κ1) is 23.7. The molecule has 0 saturated heterocycles. The van der Waals surface area contributed by atoms with Crippen molar-refractivity contribution >= 4 is 41.3 Å². The molecule has 2 aromatic rings. The number of guanidine groups is 1. The highest BCUT2D eigenvalue weighted by atomic mass is 127. The number of ether oxygens (including phenoxy) is 1. The van der Waals surface area contributed by atoms with Gasteiger partial charge in [-0.2, -0.15) is 0 Å². The van der Waals surface area contributed by atoms with Crippen molar-refractivity contribution < 1.29 is 4.74 Å². The van der Waals surface area contributed by atoms with Gasteiger partial charge in [-0.3, -0.25) is 4.99 Å². The molecular formula is C20H31IN4OS. The van der Waals surface area contributed by atoms with Gasteiger partial charge in [0.15, 0.2) is 5.96 Å². The number of thiazole rings is 1. The minimum absolute atomic E-state index is 0. The first-order valence-electron chi connectivity index (χ1n) is 9.35. The number of unbranched alkanes of at least 4 members (excludes halogenated alkanes) is 1. The van der Waals surface area contributed by atoms with Crippen molar-refractivity contribution in [2.45, 2.75) is 46.1 Å². The molecule has 0 fully saturated rings. The molecule has 0 aliphatic heterocycles. The second kappa shape index (κ2) is 13.8. The first-order valence-corrected chi connectivity index (χ1v) is 10.2. The third-order valence-electron chi connectivity index (χ3n) is 3.98. The minimum atomic E-state index is 0. The third-order valence-corrected chi connectivity index (χ3v) is 5.12. The molecule has 0 amide bonds. The van der Waals surface area contributed by atoms with Crippen LogP contribution in [0.5, 0.6) is 5.75 Å². The van der Waals surface area contributed by atoms with E-state index in [0.29, 0.717) is 6.54 Å². The van der Waals surface area contributed by atoms with Crippen LogP contribution >= 0.6 is 35.3 Å². The largest absolute Gasteiger partial charge is 0.494 e. The molecule has 2 rings (SSSR count). The average molecular weight is 502 g/mol. The summed E-state index contributed by atoms with van der Waals surface area (Å²) in [7, 11) is 1.79. The summed E-state index contributed by atoms with van der Waals surface area (Å²) in [5.41, 5.74) is 1.28. The highest BCUT2D eigenvalue weighted by Crippen LogP contribution is 2.13. The van der Waals surface area contributed by atoms with Crippen molar-refractivity contribution in [2.24, 2.45) is 4.99 Å². The highest BCUT2D eigenvalue weighted by Gasteiger charge is 2.03. The van der Waals surface area contributed by atoms with E-state index in [9.17, 15) is 0 Å². The molecule has 2 N–H and O–H groups in total. The van der Waals surface area contributed by atoms with Crippen LogP contribution in [0.1, 0.15) is 42.1 Å². The quantitative estimate of drug-likeness (QED) is 0.219. The van der Waals surface area contributed by atoms with Gasteiger partial charge in [0.05, 0.1) is 13.2 Å². The molecule has 27 heavy (non-hydrogen) atoms. The lowest BCUT2D eigenvalue weighted by atomic mass is 10.1. The molecule has 1 heterocycles. The number of rotatable bonds is 10. The lowest BCUT2D eigenvalue weighted by Gasteiger charge is -2.11. The number of hydrogen-bond acceptors (Lipinski definition) is 4. The van der Waals surface area contributed by atoms with Gasteiger partial charge in [-0.1, -0.05) is 32.4 Å². The predicted octanol–water partition coefficient (Wildman–Crippen LogP) is 4.41. The number of aromatic nitrogens is 1.